The number of ether oxygens (including phenoxy) is 1. The second kappa shape index (κ2) is 6.38. The minimum absolute atomic E-state index is 0.556. The zero-order chi connectivity index (χ0) is 11.2. The van der Waals surface area contributed by atoms with Gasteiger partial charge >= 0.3 is 0 Å². The molecule has 1 aliphatic heterocycles. The average molecular weight is 284 g/mol. The lowest BCUT2D eigenvalue weighted by Crippen LogP contribution is -2.37. The third-order valence-electron chi connectivity index (χ3n) is 2.89. The van der Waals surface area contributed by atoms with Crippen LogP contribution in [0.3, 0.4) is 0 Å². The van der Waals surface area contributed by atoms with Crippen LogP contribution in [-0.4, -0.2) is 19.2 Å². The predicted octanol–water partition coefficient (Wildman–Crippen LogP) is 3.11. The van der Waals surface area contributed by atoms with E-state index in [1.54, 1.807) is 0 Å². The van der Waals surface area contributed by atoms with E-state index < -0.39 is 0 Å². The highest BCUT2D eigenvalue weighted by Crippen LogP contribution is 2.13. The van der Waals surface area contributed by atoms with Crippen molar-refractivity contribution in [1.82, 2.24) is 5.32 Å². The molecule has 3 heteroatoms. The van der Waals surface area contributed by atoms with E-state index in [4.69, 9.17) is 4.74 Å². The first-order chi connectivity index (χ1) is 7.84. The van der Waals surface area contributed by atoms with Crippen LogP contribution in [0.1, 0.15) is 24.8 Å². The molecule has 0 bridgehead atoms. The summed E-state index contributed by atoms with van der Waals surface area (Å²) < 4.78 is 6.85. The first-order valence-electron chi connectivity index (χ1n) is 5.90. The summed E-state index contributed by atoms with van der Waals surface area (Å²) in [5.41, 5.74) is 1.23. The minimum Gasteiger partial charge on any atom is -0.375 e. The molecule has 1 unspecified atom stereocenters. The number of benzene rings is 1. The van der Waals surface area contributed by atoms with E-state index in [0.29, 0.717) is 12.6 Å². The Kier molecular flexibility index (Phi) is 4.82. The van der Waals surface area contributed by atoms with Gasteiger partial charge in [-0.2, -0.15) is 0 Å². The van der Waals surface area contributed by atoms with Crippen LogP contribution in [0.25, 0.3) is 0 Å². The summed E-state index contributed by atoms with van der Waals surface area (Å²) in [7, 11) is 0. The first kappa shape index (κ1) is 12.1. The number of hydrogen-bond donors (Lipinski definition) is 1. The average Bonchev–Trinajstić information content (AvgIpc) is 2.30. The summed E-state index contributed by atoms with van der Waals surface area (Å²) in [6.07, 6.45) is 3.89. The molecule has 1 heterocycles. The van der Waals surface area contributed by atoms with E-state index >= 15 is 0 Å². The lowest BCUT2D eigenvalue weighted by molar-refractivity contribution is 0.0911. The van der Waals surface area contributed by atoms with Crippen LogP contribution in [0.2, 0.25) is 0 Å². The fraction of sp³-hybridized carbons (Fsp3) is 0.538. The molecule has 88 valence electrons. The summed E-state index contributed by atoms with van der Waals surface area (Å²) in [4.78, 5) is 0. The molecule has 1 aromatic rings. The Morgan fingerprint density at radius 1 is 1.38 bits per heavy atom. The van der Waals surface area contributed by atoms with E-state index in [1.807, 2.05) is 12.1 Å². The van der Waals surface area contributed by atoms with Gasteiger partial charge in [-0.15, -0.1) is 0 Å². The van der Waals surface area contributed by atoms with Crippen molar-refractivity contribution in [2.45, 2.75) is 31.9 Å². The molecule has 0 aromatic heterocycles. The van der Waals surface area contributed by atoms with Gasteiger partial charge in [-0.05, 0) is 37.1 Å². The van der Waals surface area contributed by atoms with Crippen molar-refractivity contribution >= 4 is 15.9 Å². The summed E-state index contributed by atoms with van der Waals surface area (Å²) in [5.74, 6) is 0. The van der Waals surface area contributed by atoms with Crippen LogP contribution in [0.4, 0.5) is 0 Å². The molecule has 1 N–H and O–H groups in total. The van der Waals surface area contributed by atoms with Gasteiger partial charge in [-0.25, -0.2) is 0 Å². The Morgan fingerprint density at radius 3 is 3.06 bits per heavy atom. The SMILES string of the molecule is Brc1cccc(COCC2CCCCN2)c1. The molecule has 0 saturated carbocycles. The van der Waals surface area contributed by atoms with Crippen LogP contribution in [0.15, 0.2) is 28.7 Å². The van der Waals surface area contributed by atoms with Gasteiger partial charge in [0.15, 0.2) is 0 Å². The number of halogens is 1. The van der Waals surface area contributed by atoms with Crippen molar-refractivity contribution in [3.63, 3.8) is 0 Å². The molecule has 1 saturated heterocycles. The molecule has 0 aliphatic carbocycles. The second-order valence-corrected chi connectivity index (χ2v) is 5.21. The second-order valence-electron chi connectivity index (χ2n) is 4.29. The maximum absolute atomic E-state index is 5.73. The van der Waals surface area contributed by atoms with Crippen molar-refractivity contribution in [2.75, 3.05) is 13.2 Å². The fourth-order valence-corrected chi connectivity index (χ4v) is 2.46. The van der Waals surface area contributed by atoms with Gasteiger partial charge in [-0.3, -0.25) is 0 Å². The van der Waals surface area contributed by atoms with Gasteiger partial charge in [-0.1, -0.05) is 34.5 Å². The van der Waals surface area contributed by atoms with Crippen molar-refractivity contribution in [1.29, 1.82) is 0 Å². The standard InChI is InChI=1S/C13H18BrNO/c14-12-5-3-4-11(8-12)9-16-10-13-6-1-2-7-15-13/h3-5,8,13,15H,1-2,6-7,9-10H2. The van der Waals surface area contributed by atoms with Crippen LogP contribution >= 0.6 is 15.9 Å². The van der Waals surface area contributed by atoms with Gasteiger partial charge in [0.25, 0.3) is 0 Å². The largest absolute Gasteiger partial charge is 0.375 e. The Morgan fingerprint density at radius 2 is 2.31 bits per heavy atom. The number of piperidine rings is 1. The lowest BCUT2D eigenvalue weighted by atomic mass is 10.1. The molecule has 0 radical (unpaired) electrons. The number of rotatable bonds is 4. The molecule has 1 aromatic carbocycles. The predicted molar refractivity (Wildman–Crippen MR) is 69.4 cm³/mol. The Hall–Kier alpha value is -0.380. The zero-order valence-electron chi connectivity index (χ0n) is 9.42. The maximum Gasteiger partial charge on any atom is 0.0718 e. The molecule has 1 atom stereocenters. The summed E-state index contributed by atoms with van der Waals surface area (Å²) >= 11 is 3.46. The fourth-order valence-electron chi connectivity index (χ4n) is 2.01. The van der Waals surface area contributed by atoms with E-state index in [-0.39, 0.29) is 0 Å². The molecule has 2 nitrogen and oxygen atoms in total. The topological polar surface area (TPSA) is 21.3 Å². The molecule has 2 rings (SSSR count). The highest BCUT2D eigenvalue weighted by molar-refractivity contribution is 9.10. The van der Waals surface area contributed by atoms with Crippen molar-refractivity contribution < 1.29 is 4.74 Å². The Bertz CT molecular complexity index is 323. The summed E-state index contributed by atoms with van der Waals surface area (Å²) in [6.45, 7) is 2.68. The molecule has 1 fully saturated rings. The van der Waals surface area contributed by atoms with Crippen molar-refractivity contribution in [2.24, 2.45) is 0 Å². The molecule has 1 aliphatic rings. The molecule has 0 spiro atoms. The van der Waals surface area contributed by atoms with Crippen molar-refractivity contribution in [3.8, 4) is 0 Å². The van der Waals surface area contributed by atoms with Crippen molar-refractivity contribution in [3.05, 3.63) is 34.3 Å². The Labute approximate surface area is 106 Å². The van der Waals surface area contributed by atoms with Gasteiger partial charge in [0, 0.05) is 10.5 Å². The highest BCUT2D eigenvalue weighted by atomic mass is 79.9. The highest BCUT2D eigenvalue weighted by Gasteiger charge is 2.11. The lowest BCUT2D eigenvalue weighted by Gasteiger charge is -2.23. The molecular weight excluding hydrogens is 266 g/mol. The quantitative estimate of drug-likeness (QED) is 0.917. The number of nitrogens with one attached hydrogen (secondary N) is 1. The van der Waals surface area contributed by atoms with E-state index in [0.717, 1.165) is 17.6 Å². The maximum atomic E-state index is 5.73. The third-order valence-corrected chi connectivity index (χ3v) is 3.38. The van der Waals surface area contributed by atoms with Gasteiger partial charge in [0.2, 0.25) is 0 Å². The van der Waals surface area contributed by atoms with Gasteiger partial charge < -0.3 is 10.1 Å². The van der Waals surface area contributed by atoms with E-state index in [9.17, 15) is 0 Å². The third kappa shape index (κ3) is 3.89. The molecule has 16 heavy (non-hydrogen) atoms. The smallest absolute Gasteiger partial charge is 0.0718 e. The van der Waals surface area contributed by atoms with Crippen LogP contribution in [0, 0.1) is 0 Å². The molecule has 0 amide bonds. The molecular formula is C13H18BrNO. The van der Waals surface area contributed by atoms with E-state index in [2.05, 4.69) is 33.4 Å². The normalized spacial score (nSPS) is 20.9. The zero-order valence-corrected chi connectivity index (χ0v) is 11.0. The monoisotopic (exact) mass is 283 g/mol. The minimum atomic E-state index is 0.556. The van der Waals surface area contributed by atoms with Crippen LogP contribution < -0.4 is 5.32 Å². The van der Waals surface area contributed by atoms with Crippen LogP contribution in [-0.2, 0) is 11.3 Å². The van der Waals surface area contributed by atoms with Gasteiger partial charge in [0.05, 0.1) is 13.2 Å². The van der Waals surface area contributed by atoms with Gasteiger partial charge in [0.1, 0.15) is 0 Å². The number of hydrogen-bond acceptors (Lipinski definition) is 2. The first-order valence-corrected chi connectivity index (χ1v) is 6.69. The van der Waals surface area contributed by atoms with E-state index in [1.165, 1.54) is 24.8 Å². The van der Waals surface area contributed by atoms with Crippen LogP contribution in [0.5, 0.6) is 0 Å². The summed E-state index contributed by atoms with van der Waals surface area (Å²) in [6, 6.07) is 8.84. The summed E-state index contributed by atoms with van der Waals surface area (Å²) in [5, 5.41) is 3.48. The Balaban J connectivity index is 1.71.